The first kappa shape index (κ1) is 18.6. The molecule has 1 N–H and O–H groups in total. The van der Waals surface area contributed by atoms with Crippen LogP contribution in [-0.2, 0) is 0 Å². The van der Waals surface area contributed by atoms with E-state index < -0.39 is 0 Å². The number of hydrogen-bond donors (Lipinski definition) is 1. The van der Waals surface area contributed by atoms with Crippen molar-refractivity contribution in [2.75, 3.05) is 13.1 Å². The van der Waals surface area contributed by atoms with Crippen molar-refractivity contribution in [3.05, 3.63) is 51.5 Å². The van der Waals surface area contributed by atoms with E-state index in [9.17, 15) is 9.59 Å². The van der Waals surface area contributed by atoms with Gasteiger partial charge in [-0.3, -0.25) is 9.59 Å². The van der Waals surface area contributed by atoms with Gasteiger partial charge in [-0.25, -0.2) is 4.98 Å². The van der Waals surface area contributed by atoms with Crippen LogP contribution >= 0.6 is 11.3 Å². The van der Waals surface area contributed by atoms with Crippen LogP contribution in [-0.4, -0.2) is 40.8 Å². The number of aromatic nitrogens is 1. The molecule has 1 aliphatic rings. The summed E-state index contributed by atoms with van der Waals surface area (Å²) in [6.07, 6.45) is 3.93. The third kappa shape index (κ3) is 4.30. The number of likely N-dealkylation sites (tertiary alicyclic amines) is 1. The second-order valence-electron chi connectivity index (χ2n) is 6.71. The van der Waals surface area contributed by atoms with E-state index in [1.807, 2.05) is 36.9 Å². The monoisotopic (exact) mass is 371 g/mol. The van der Waals surface area contributed by atoms with E-state index in [1.54, 1.807) is 12.1 Å². The number of piperidine rings is 1. The molecule has 2 heterocycles. The number of hydrogen-bond acceptors (Lipinski definition) is 4. The highest BCUT2D eigenvalue weighted by Crippen LogP contribution is 2.25. The second kappa shape index (κ2) is 8.45. The molecule has 26 heavy (non-hydrogen) atoms. The number of aryl methyl sites for hydroxylation is 2. The zero-order chi connectivity index (χ0) is 18.5. The number of thiazole rings is 1. The molecule has 0 aliphatic carbocycles. The van der Waals surface area contributed by atoms with Crippen LogP contribution in [0.1, 0.15) is 56.4 Å². The highest BCUT2D eigenvalue weighted by atomic mass is 32.1. The van der Waals surface area contributed by atoms with Crippen LogP contribution < -0.4 is 5.32 Å². The van der Waals surface area contributed by atoms with E-state index in [0.29, 0.717) is 12.1 Å². The van der Waals surface area contributed by atoms with Crippen LogP contribution in [0, 0.1) is 13.8 Å². The molecule has 5 nitrogen and oxygen atoms in total. The van der Waals surface area contributed by atoms with Gasteiger partial charge in [-0.15, -0.1) is 11.3 Å². The van der Waals surface area contributed by atoms with Crippen molar-refractivity contribution >= 4 is 23.2 Å². The third-order valence-corrected chi connectivity index (χ3v) is 5.85. The van der Waals surface area contributed by atoms with Gasteiger partial charge in [0.25, 0.3) is 11.8 Å². The Morgan fingerprint density at radius 3 is 2.69 bits per heavy atom. The maximum Gasteiger partial charge on any atom is 0.266 e. The molecule has 1 saturated heterocycles. The highest BCUT2D eigenvalue weighted by Gasteiger charge is 2.29. The van der Waals surface area contributed by atoms with Gasteiger partial charge in [0.2, 0.25) is 0 Å². The van der Waals surface area contributed by atoms with Gasteiger partial charge >= 0.3 is 0 Å². The second-order valence-corrected chi connectivity index (χ2v) is 7.91. The number of nitrogens with zero attached hydrogens (tertiary/aromatic N) is 2. The first-order valence-electron chi connectivity index (χ1n) is 9.14. The minimum Gasteiger partial charge on any atom is -0.352 e. The van der Waals surface area contributed by atoms with Crippen LogP contribution in [0.3, 0.4) is 0 Å². The average Bonchev–Trinajstić information content (AvgIpc) is 3.00. The summed E-state index contributed by atoms with van der Waals surface area (Å²) in [4.78, 5) is 32.3. The molecule has 3 rings (SSSR count). The molecule has 1 aromatic carbocycles. The normalized spacial score (nSPS) is 17.2. The molecule has 0 radical (unpaired) electrons. The van der Waals surface area contributed by atoms with E-state index in [-0.39, 0.29) is 17.9 Å². The molecule has 138 valence electrons. The van der Waals surface area contributed by atoms with Gasteiger partial charge in [0.15, 0.2) is 0 Å². The molecular formula is C20H25N3O2S. The SMILES string of the molecule is Cc1nc(C)c(C(=O)N2CCCC[C@H]2CCNC(=O)c2ccccc2)s1. The molecule has 0 spiro atoms. The van der Waals surface area contributed by atoms with E-state index in [0.717, 1.165) is 47.8 Å². The Bertz CT molecular complexity index is 773. The highest BCUT2D eigenvalue weighted by molar-refractivity contribution is 7.13. The Morgan fingerprint density at radius 1 is 1.23 bits per heavy atom. The fourth-order valence-electron chi connectivity index (χ4n) is 3.47. The van der Waals surface area contributed by atoms with Crippen molar-refractivity contribution in [2.45, 2.75) is 45.6 Å². The minimum absolute atomic E-state index is 0.0618. The lowest BCUT2D eigenvalue weighted by Crippen LogP contribution is -2.45. The number of benzene rings is 1. The lowest BCUT2D eigenvalue weighted by atomic mass is 9.99. The van der Waals surface area contributed by atoms with Crippen LogP contribution in [0.5, 0.6) is 0 Å². The Morgan fingerprint density at radius 2 is 2.00 bits per heavy atom. The van der Waals surface area contributed by atoms with E-state index in [1.165, 1.54) is 11.3 Å². The fourth-order valence-corrected chi connectivity index (χ4v) is 4.35. The molecule has 0 bridgehead atoms. The van der Waals surface area contributed by atoms with Crippen LogP contribution in [0.4, 0.5) is 0 Å². The molecule has 2 amide bonds. The first-order valence-corrected chi connectivity index (χ1v) is 9.96. The molecule has 0 unspecified atom stereocenters. The molecule has 6 heteroatoms. The van der Waals surface area contributed by atoms with Gasteiger partial charge in [0.1, 0.15) is 4.88 Å². The van der Waals surface area contributed by atoms with Crippen LogP contribution in [0.25, 0.3) is 0 Å². The first-order chi connectivity index (χ1) is 12.6. The van der Waals surface area contributed by atoms with Crippen molar-refractivity contribution in [2.24, 2.45) is 0 Å². The maximum atomic E-state index is 13.0. The Balaban J connectivity index is 1.59. The van der Waals surface area contributed by atoms with E-state index in [4.69, 9.17) is 0 Å². The summed E-state index contributed by atoms with van der Waals surface area (Å²) in [5, 5.41) is 3.90. The molecule has 0 saturated carbocycles. The van der Waals surface area contributed by atoms with Crippen molar-refractivity contribution in [3.63, 3.8) is 0 Å². The molecule has 1 atom stereocenters. The van der Waals surface area contributed by atoms with Crippen molar-refractivity contribution in [1.82, 2.24) is 15.2 Å². The van der Waals surface area contributed by atoms with Crippen LogP contribution in [0.15, 0.2) is 30.3 Å². The molecule has 1 aliphatic heterocycles. The van der Waals surface area contributed by atoms with Gasteiger partial charge in [-0.2, -0.15) is 0 Å². The van der Waals surface area contributed by atoms with E-state index >= 15 is 0 Å². The topological polar surface area (TPSA) is 62.3 Å². The largest absolute Gasteiger partial charge is 0.352 e. The van der Waals surface area contributed by atoms with Gasteiger partial charge in [-0.05, 0) is 51.7 Å². The summed E-state index contributed by atoms with van der Waals surface area (Å²) in [7, 11) is 0. The number of nitrogens with one attached hydrogen (secondary N) is 1. The van der Waals surface area contributed by atoms with Gasteiger partial charge < -0.3 is 10.2 Å². The number of amides is 2. The predicted octanol–water partition coefficient (Wildman–Crippen LogP) is 3.57. The van der Waals surface area contributed by atoms with Crippen LogP contribution in [0.2, 0.25) is 0 Å². The molecule has 2 aromatic rings. The maximum absolute atomic E-state index is 13.0. The molecular weight excluding hydrogens is 346 g/mol. The Labute approximate surface area is 158 Å². The van der Waals surface area contributed by atoms with Gasteiger partial charge in [0, 0.05) is 24.7 Å². The third-order valence-electron chi connectivity index (χ3n) is 4.78. The van der Waals surface area contributed by atoms with Gasteiger partial charge in [-0.1, -0.05) is 18.2 Å². The van der Waals surface area contributed by atoms with Crippen molar-refractivity contribution in [1.29, 1.82) is 0 Å². The molecule has 1 fully saturated rings. The summed E-state index contributed by atoms with van der Waals surface area (Å²) in [6, 6.07) is 9.40. The number of carbonyl (C=O) groups excluding carboxylic acids is 2. The van der Waals surface area contributed by atoms with Crippen molar-refractivity contribution in [3.8, 4) is 0 Å². The Kier molecular flexibility index (Phi) is 6.04. The zero-order valence-electron chi connectivity index (χ0n) is 15.3. The fraction of sp³-hybridized carbons (Fsp3) is 0.450. The van der Waals surface area contributed by atoms with E-state index in [2.05, 4.69) is 10.3 Å². The summed E-state index contributed by atoms with van der Waals surface area (Å²) < 4.78 is 0. The number of carbonyl (C=O) groups is 2. The lowest BCUT2D eigenvalue weighted by Gasteiger charge is -2.35. The summed E-state index contributed by atoms with van der Waals surface area (Å²) >= 11 is 1.47. The summed E-state index contributed by atoms with van der Waals surface area (Å²) in [5.41, 5.74) is 1.49. The van der Waals surface area contributed by atoms with Gasteiger partial charge in [0.05, 0.1) is 10.7 Å². The lowest BCUT2D eigenvalue weighted by molar-refractivity contribution is 0.0605. The molecule has 1 aromatic heterocycles. The van der Waals surface area contributed by atoms with Crippen molar-refractivity contribution < 1.29 is 9.59 Å². The standard InChI is InChI=1S/C20H25N3O2S/c1-14-18(26-15(2)22-14)20(25)23-13-7-6-10-17(23)11-12-21-19(24)16-8-4-3-5-9-16/h3-5,8-9,17H,6-7,10-13H2,1-2H3,(H,21,24)/t17-/m0/s1. The average molecular weight is 372 g/mol. The zero-order valence-corrected chi connectivity index (χ0v) is 16.1. The Hall–Kier alpha value is -2.21. The number of rotatable bonds is 5. The smallest absolute Gasteiger partial charge is 0.266 e. The summed E-state index contributed by atoms with van der Waals surface area (Å²) in [5.74, 6) is 0.0281. The summed E-state index contributed by atoms with van der Waals surface area (Å²) in [6.45, 7) is 5.19. The quantitative estimate of drug-likeness (QED) is 0.874. The predicted molar refractivity (Wildman–Crippen MR) is 104 cm³/mol. The minimum atomic E-state index is -0.0618.